The molecule has 1 atom stereocenters. The molecule has 8 nitrogen and oxygen atoms in total. The van der Waals surface area contributed by atoms with E-state index in [0.717, 1.165) is 0 Å². The Morgan fingerprint density at radius 1 is 1.23 bits per heavy atom. The van der Waals surface area contributed by atoms with Crippen molar-refractivity contribution < 1.29 is 22.8 Å². The highest BCUT2D eigenvalue weighted by Gasteiger charge is 2.31. The first-order valence-electron chi connectivity index (χ1n) is 9.50. The fourth-order valence-corrected chi connectivity index (χ4v) is 3.11. The number of primary amides is 1. The molecule has 0 spiro atoms. The highest BCUT2D eigenvalue weighted by atomic mass is 19.4. The van der Waals surface area contributed by atoms with Crippen LogP contribution in [0.25, 0.3) is 22.3 Å². The van der Waals surface area contributed by atoms with Crippen molar-refractivity contribution in [2.75, 3.05) is 5.32 Å². The van der Waals surface area contributed by atoms with Crippen molar-refractivity contribution in [3.8, 4) is 11.3 Å². The van der Waals surface area contributed by atoms with E-state index in [-0.39, 0.29) is 17.3 Å². The standard InChI is InChI=1S/C20H21F3N6O2/c1-10(2)17(15(30)3-4-20(21,22)23)29-16-9-25-8-14(28-16)13-7-27-19-12(13)5-11(6-26-19)18(24)31/h5-10,17H,3-4H2,1-2H3,(H2,24,31)(H,26,27)(H,28,29)/t17-/m1/s1. The van der Waals surface area contributed by atoms with Crippen molar-refractivity contribution in [3.05, 3.63) is 36.4 Å². The largest absolute Gasteiger partial charge is 0.389 e. The summed E-state index contributed by atoms with van der Waals surface area (Å²) in [7, 11) is 0. The lowest BCUT2D eigenvalue weighted by Gasteiger charge is -2.22. The van der Waals surface area contributed by atoms with E-state index in [2.05, 4.69) is 25.3 Å². The molecule has 164 valence electrons. The molecule has 0 radical (unpaired) electrons. The van der Waals surface area contributed by atoms with E-state index in [1.54, 1.807) is 26.1 Å². The summed E-state index contributed by atoms with van der Waals surface area (Å²) in [6, 6.07) is 0.730. The van der Waals surface area contributed by atoms with Gasteiger partial charge in [0.2, 0.25) is 5.91 Å². The molecule has 4 N–H and O–H groups in total. The number of amides is 1. The molecule has 1 amide bonds. The van der Waals surface area contributed by atoms with Crippen molar-refractivity contribution in [2.24, 2.45) is 11.7 Å². The number of carbonyl (C=O) groups is 2. The van der Waals surface area contributed by atoms with E-state index in [9.17, 15) is 22.8 Å². The van der Waals surface area contributed by atoms with Crippen molar-refractivity contribution in [1.29, 1.82) is 0 Å². The molecule has 3 aromatic heterocycles. The van der Waals surface area contributed by atoms with Crippen LogP contribution in [0.4, 0.5) is 19.0 Å². The highest BCUT2D eigenvalue weighted by Crippen LogP contribution is 2.28. The number of anilines is 1. The van der Waals surface area contributed by atoms with Gasteiger partial charge in [-0.1, -0.05) is 13.8 Å². The molecule has 0 fully saturated rings. The molecule has 0 aliphatic rings. The Balaban J connectivity index is 1.87. The first-order valence-corrected chi connectivity index (χ1v) is 9.50. The minimum atomic E-state index is -4.40. The molecule has 11 heteroatoms. The Kier molecular flexibility index (Phi) is 6.23. The van der Waals surface area contributed by atoms with Crippen molar-refractivity contribution in [3.63, 3.8) is 0 Å². The van der Waals surface area contributed by atoms with Crippen LogP contribution in [0.5, 0.6) is 0 Å². The van der Waals surface area contributed by atoms with Crippen LogP contribution in [-0.2, 0) is 4.79 Å². The molecule has 0 aliphatic heterocycles. The van der Waals surface area contributed by atoms with E-state index in [1.165, 1.54) is 18.6 Å². The van der Waals surface area contributed by atoms with Gasteiger partial charge in [-0.05, 0) is 12.0 Å². The number of hydrogen-bond acceptors (Lipinski definition) is 6. The summed E-state index contributed by atoms with van der Waals surface area (Å²) >= 11 is 0. The predicted molar refractivity (Wildman–Crippen MR) is 108 cm³/mol. The van der Waals surface area contributed by atoms with Gasteiger partial charge in [0.05, 0.1) is 36.1 Å². The van der Waals surface area contributed by atoms with Gasteiger partial charge in [0.25, 0.3) is 0 Å². The zero-order chi connectivity index (χ0) is 22.8. The van der Waals surface area contributed by atoms with Gasteiger partial charge in [0.15, 0.2) is 5.78 Å². The number of ketones is 1. The number of alkyl halides is 3. The van der Waals surface area contributed by atoms with Crippen LogP contribution < -0.4 is 11.1 Å². The molecule has 0 unspecified atom stereocenters. The number of aromatic nitrogens is 4. The number of rotatable bonds is 8. The summed E-state index contributed by atoms with van der Waals surface area (Å²) in [6.45, 7) is 3.47. The molecular weight excluding hydrogens is 413 g/mol. The Labute approximate surface area is 175 Å². The molecular formula is C20H21F3N6O2. The summed E-state index contributed by atoms with van der Waals surface area (Å²) in [5.41, 5.74) is 7.09. The monoisotopic (exact) mass is 434 g/mol. The number of aromatic amines is 1. The summed E-state index contributed by atoms with van der Waals surface area (Å²) in [5, 5.41) is 3.51. The smallest absolute Gasteiger partial charge is 0.366 e. The maximum Gasteiger partial charge on any atom is 0.389 e. The van der Waals surface area contributed by atoms with Gasteiger partial charge in [0.1, 0.15) is 11.5 Å². The van der Waals surface area contributed by atoms with E-state index < -0.39 is 36.8 Å². The number of hydrogen-bond donors (Lipinski definition) is 3. The number of nitrogens with zero attached hydrogens (tertiary/aromatic N) is 3. The minimum absolute atomic E-state index is 0.228. The lowest BCUT2D eigenvalue weighted by atomic mass is 9.97. The summed E-state index contributed by atoms with van der Waals surface area (Å²) in [5.74, 6) is -1.20. The Morgan fingerprint density at radius 2 is 1.97 bits per heavy atom. The topological polar surface area (TPSA) is 127 Å². The number of halogens is 3. The van der Waals surface area contributed by atoms with Crippen LogP contribution in [0.2, 0.25) is 0 Å². The molecule has 3 rings (SSSR count). The lowest BCUT2D eigenvalue weighted by molar-refractivity contribution is -0.143. The number of H-pyrrole nitrogens is 1. The first kappa shape index (κ1) is 22.2. The Bertz CT molecular complexity index is 1110. The zero-order valence-corrected chi connectivity index (χ0v) is 16.8. The van der Waals surface area contributed by atoms with E-state index >= 15 is 0 Å². The lowest BCUT2D eigenvalue weighted by Crippen LogP contribution is -2.35. The maximum absolute atomic E-state index is 12.5. The minimum Gasteiger partial charge on any atom is -0.366 e. The molecule has 3 aromatic rings. The van der Waals surface area contributed by atoms with Crippen LogP contribution in [0, 0.1) is 5.92 Å². The van der Waals surface area contributed by atoms with E-state index in [0.29, 0.717) is 22.3 Å². The number of nitrogens with two attached hydrogens (primary N) is 1. The quantitative estimate of drug-likeness (QED) is 0.498. The van der Waals surface area contributed by atoms with Crippen molar-refractivity contribution in [2.45, 2.75) is 38.9 Å². The second-order valence-corrected chi connectivity index (χ2v) is 7.42. The van der Waals surface area contributed by atoms with E-state index in [1.807, 2.05) is 0 Å². The van der Waals surface area contributed by atoms with Gasteiger partial charge >= 0.3 is 6.18 Å². The first-order chi connectivity index (χ1) is 14.5. The molecule has 0 bridgehead atoms. The molecule has 0 aromatic carbocycles. The van der Waals surface area contributed by atoms with Crippen LogP contribution in [0.15, 0.2) is 30.9 Å². The van der Waals surface area contributed by atoms with Crippen molar-refractivity contribution >= 4 is 28.5 Å². The fourth-order valence-electron chi connectivity index (χ4n) is 3.11. The van der Waals surface area contributed by atoms with Crippen LogP contribution in [-0.4, -0.2) is 43.8 Å². The SMILES string of the molecule is CC(C)[C@@H](Nc1cncc(-c2c[nH]c3ncc(C(N)=O)cc23)n1)C(=O)CCC(F)(F)F. The molecule has 3 heterocycles. The zero-order valence-electron chi connectivity index (χ0n) is 16.8. The van der Waals surface area contributed by atoms with Crippen molar-refractivity contribution in [1.82, 2.24) is 19.9 Å². The normalized spacial score (nSPS) is 12.8. The van der Waals surface area contributed by atoms with Gasteiger partial charge < -0.3 is 16.0 Å². The number of pyridine rings is 1. The van der Waals surface area contributed by atoms with Gasteiger partial charge in [-0.25, -0.2) is 9.97 Å². The third-order valence-electron chi connectivity index (χ3n) is 4.70. The number of fused-ring (bicyclic) bond motifs is 1. The number of carbonyl (C=O) groups excluding carboxylic acids is 2. The molecule has 31 heavy (non-hydrogen) atoms. The van der Waals surface area contributed by atoms with Crippen LogP contribution in [0.1, 0.15) is 37.0 Å². The summed E-state index contributed by atoms with van der Waals surface area (Å²) in [6.07, 6.45) is -0.314. The summed E-state index contributed by atoms with van der Waals surface area (Å²) < 4.78 is 37.5. The average molecular weight is 434 g/mol. The predicted octanol–water partition coefficient (Wildman–Crippen LogP) is 3.47. The van der Waals surface area contributed by atoms with E-state index in [4.69, 9.17) is 5.73 Å². The second-order valence-electron chi connectivity index (χ2n) is 7.42. The fraction of sp³-hybridized carbons (Fsp3) is 0.350. The number of nitrogens with one attached hydrogen (secondary N) is 2. The van der Waals surface area contributed by atoms with Gasteiger partial charge in [-0.3, -0.25) is 14.6 Å². The molecule has 0 saturated heterocycles. The van der Waals surface area contributed by atoms with Crippen LogP contribution >= 0.6 is 0 Å². The second kappa shape index (κ2) is 8.70. The summed E-state index contributed by atoms with van der Waals surface area (Å²) in [4.78, 5) is 39.5. The van der Waals surface area contributed by atoms with Gasteiger partial charge in [0, 0.05) is 29.8 Å². The highest BCUT2D eigenvalue weighted by molar-refractivity contribution is 6.00. The van der Waals surface area contributed by atoms with Crippen LogP contribution in [0.3, 0.4) is 0 Å². The molecule has 0 aliphatic carbocycles. The average Bonchev–Trinajstić information content (AvgIpc) is 3.13. The molecule has 0 saturated carbocycles. The maximum atomic E-state index is 12.5. The van der Waals surface area contributed by atoms with Gasteiger partial charge in [-0.15, -0.1) is 0 Å². The Hall–Kier alpha value is -3.50. The third-order valence-corrected chi connectivity index (χ3v) is 4.70. The number of Topliss-reactive ketones (excluding diaryl/α,β-unsaturated/α-hetero) is 1. The third kappa shape index (κ3) is 5.36. The van der Waals surface area contributed by atoms with Gasteiger partial charge in [-0.2, -0.15) is 13.2 Å². The Morgan fingerprint density at radius 3 is 2.61 bits per heavy atom.